The van der Waals surface area contributed by atoms with Gasteiger partial charge in [0.05, 0.1) is 11.8 Å². The van der Waals surface area contributed by atoms with Gasteiger partial charge in [-0.2, -0.15) is 4.98 Å². The summed E-state index contributed by atoms with van der Waals surface area (Å²) in [6.07, 6.45) is 2.87. The van der Waals surface area contributed by atoms with Gasteiger partial charge in [-0.1, -0.05) is 11.3 Å². The minimum Gasteiger partial charge on any atom is -0.373 e. The number of anilines is 1. The van der Waals surface area contributed by atoms with Crippen molar-refractivity contribution in [3.8, 4) is 11.3 Å². The van der Waals surface area contributed by atoms with E-state index >= 15 is 0 Å². The number of ether oxygens (including phenoxy) is 1. The van der Waals surface area contributed by atoms with Gasteiger partial charge in [-0.05, 0) is 36.6 Å². The lowest BCUT2D eigenvalue weighted by Gasteiger charge is -2.29. The van der Waals surface area contributed by atoms with Crippen molar-refractivity contribution in [2.75, 3.05) is 25.6 Å². The monoisotopic (exact) mass is 483 g/mol. The van der Waals surface area contributed by atoms with Gasteiger partial charge in [0.2, 0.25) is 5.56 Å². The van der Waals surface area contributed by atoms with Crippen molar-refractivity contribution in [3.05, 3.63) is 69.9 Å². The number of hydrogen-bond donors (Lipinski definition) is 0. The Labute approximate surface area is 198 Å². The molecule has 0 radical (unpaired) electrons. The zero-order chi connectivity index (χ0) is 24.0. The molecule has 0 aliphatic carbocycles. The topological polar surface area (TPSA) is 73.1 Å². The molecule has 2 atom stereocenters. The molecule has 34 heavy (non-hydrogen) atoms. The molecule has 4 heterocycles. The quantitative estimate of drug-likeness (QED) is 0.428. The fourth-order valence-corrected chi connectivity index (χ4v) is 5.07. The van der Waals surface area contributed by atoms with E-state index in [9.17, 15) is 13.6 Å². The molecule has 5 rings (SSSR count). The maximum atomic E-state index is 14.8. The van der Waals surface area contributed by atoms with Gasteiger partial charge in [-0.25, -0.2) is 18.7 Å². The number of halogens is 2. The van der Waals surface area contributed by atoms with Gasteiger partial charge in [0.1, 0.15) is 22.2 Å². The summed E-state index contributed by atoms with van der Waals surface area (Å²) < 4.78 is 36.5. The number of aromatic nitrogens is 4. The van der Waals surface area contributed by atoms with Gasteiger partial charge in [0.25, 0.3) is 0 Å². The van der Waals surface area contributed by atoms with Gasteiger partial charge >= 0.3 is 0 Å². The summed E-state index contributed by atoms with van der Waals surface area (Å²) in [6.45, 7) is 0.500. The second-order valence-electron chi connectivity index (χ2n) is 8.59. The average Bonchev–Trinajstić information content (AvgIpc) is 3.25. The van der Waals surface area contributed by atoms with Crippen LogP contribution in [0.5, 0.6) is 0 Å². The first kappa shape index (κ1) is 22.5. The highest BCUT2D eigenvalue weighted by Gasteiger charge is 2.29. The summed E-state index contributed by atoms with van der Waals surface area (Å²) in [5.74, 6) is -0.817. The molecule has 0 amide bonds. The van der Waals surface area contributed by atoms with Crippen molar-refractivity contribution in [2.24, 2.45) is 7.05 Å². The number of hydrogen-bond acceptors (Lipinski definition) is 7. The third kappa shape index (κ3) is 4.19. The molecular formula is C24H23F2N5O2S. The third-order valence-corrected chi connectivity index (χ3v) is 7.18. The number of thiazole rings is 1. The number of nitrogens with zero attached hydrogens (tertiary/aromatic N) is 5. The van der Waals surface area contributed by atoms with Crippen LogP contribution in [0.3, 0.4) is 0 Å². The second kappa shape index (κ2) is 8.84. The van der Waals surface area contributed by atoms with Crippen molar-refractivity contribution in [3.63, 3.8) is 0 Å². The van der Waals surface area contributed by atoms with E-state index in [0.29, 0.717) is 41.3 Å². The van der Waals surface area contributed by atoms with E-state index in [1.54, 1.807) is 19.3 Å². The summed E-state index contributed by atoms with van der Waals surface area (Å²) in [5, 5.41) is 0.722. The summed E-state index contributed by atoms with van der Waals surface area (Å²) in [5.41, 5.74) is 1.93. The van der Waals surface area contributed by atoms with E-state index in [1.165, 1.54) is 34.1 Å². The highest BCUT2D eigenvalue weighted by molar-refractivity contribution is 7.22. The molecule has 1 fully saturated rings. The standard InChI is InChI=1S/C24H23F2N5O2S/c1-30(2)24-29-23-21(34-24)20(16-6-5-15(25)11-17(16)26)27-22(28-23)13-8-9-33-18(10-13)14-4-7-19(32)31(3)12-14/h4-7,11-13,18H,8-10H2,1-3H3/t13?,18-/m1/s1. The van der Waals surface area contributed by atoms with Crippen LogP contribution in [0.1, 0.15) is 36.3 Å². The lowest BCUT2D eigenvalue weighted by Crippen LogP contribution is -2.22. The van der Waals surface area contributed by atoms with Crippen molar-refractivity contribution < 1.29 is 13.5 Å². The second-order valence-corrected chi connectivity index (χ2v) is 9.57. The molecule has 176 valence electrons. The van der Waals surface area contributed by atoms with Crippen molar-refractivity contribution in [2.45, 2.75) is 24.9 Å². The molecular weight excluding hydrogens is 460 g/mol. The largest absolute Gasteiger partial charge is 0.373 e. The number of benzene rings is 1. The van der Waals surface area contributed by atoms with Crippen LogP contribution >= 0.6 is 11.3 Å². The fraction of sp³-hybridized carbons (Fsp3) is 0.333. The Hall–Kier alpha value is -3.24. The van der Waals surface area contributed by atoms with E-state index in [4.69, 9.17) is 14.7 Å². The van der Waals surface area contributed by atoms with Crippen LogP contribution in [0.4, 0.5) is 13.9 Å². The van der Waals surface area contributed by atoms with Gasteiger partial charge in [0, 0.05) is 57.6 Å². The number of fused-ring (bicyclic) bond motifs is 1. The summed E-state index contributed by atoms with van der Waals surface area (Å²) in [6, 6.07) is 6.80. The van der Waals surface area contributed by atoms with Crippen molar-refractivity contribution in [1.29, 1.82) is 0 Å². The third-order valence-electron chi connectivity index (χ3n) is 5.96. The summed E-state index contributed by atoms with van der Waals surface area (Å²) in [4.78, 5) is 27.8. The summed E-state index contributed by atoms with van der Waals surface area (Å²) >= 11 is 1.37. The van der Waals surface area contributed by atoms with E-state index in [-0.39, 0.29) is 23.1 Å². The lowest BCUT2D eigenvalue weighted by molar-refractivity contribution is 0.00365. The smallest absolute Gasteiger partial charge is 0.250 e. The first-order valence-electron chi connectivity index (χ1n) is 10.9. The zero-order valence-electron chi connectivity index (χ0n) is 19.0. The maximum Gasteiger partial charge on any atom is 0.250 e. The van der Waals surface area contributed by atoms with Crippen molar-refractivity contribution in [1.82, 2.24) is 19.5 Å². The Morgan fingerprint density at radius 3 is 2.71 bits per heavy atom. The normalized spacial score (nSPS) is 18.4. The van der Waals surface area contributed by atoms with Gasteiger partial charge in [-0.3, -0.25) is 4.79 Å². The van der Waals surface area contributed by atoms with E-state index < -0.39 is 11.6 Å². The van der Waals surface area contributed by atoms with E-state index in [1.807, 2.05) is 19.0 Å². The molecule has 10 heteroatoms. The molecule has 1 aromatic carbocycles. The van der Waals surface area contributed by atoms with Gasteiger partial charge in [0.15, 0.2) is 10.8 Å². The van der Waals surface area contributed by atoms with Crippen LogP contribution in [0.25, 0.3) is 21.6 Å². The van der Waals surface area contributed by atoms with Crippen LogP contribution in [0, 0.1) is 11.6 Å². The SMILES string of the molecule is CN(C)c1nc2nc(C3CCO[C@@H](c4ccc(=O)n(C)c4)C3)nc(-c3ccc(F)cc3F)c2s1. The minimum absolute atomic E-state index is 0.0489. The molecule has 3 aromatic heterocycles. The van der Waals surface area contributed by atoms with Gasteiger partial charge in [-0.15, -0.1) is 0 Å². The zero-order valence-corrected chi connectivity index (χ0v) is 19.8. The Bertz CT molecular complexity index is 1430. The highest BCUT2D eigenvalue weighted by Crippen LogP contribution is 2.40. The first-order valence-corrected chi connectivity index (χ1v) is 11.7. The molecule has 1 aliphatic heterocycles. The van der Waals surface area contributed by atoms with E-state index in [2.05, 4.69) is 4.98 Å². The molecule has 0 N–H and O–H groups in total. The highest BCUT2D eigenvalue weighted by atomic mass is 32.1. The number of aryl methyl sites for hydroxylation is 1. The molecule has 4 aromatic rings. The van der Waals surface area contributed by atoms with Crippen molar-refractivity contribution >= 4 is 26.8 Å². The summed E-state index contributed by atoms with van der Waals surface area (Å²) in [7, 11) is 5.46. The predicted octanol–water partition coefficient (Wildman–Crippen LogP) is 4.43. The minimum atomic E-state index is -0.680. The van der Waals surface area contributed by atoms with Crippen LogP contribution in [-0.2, 0) is 11.8 Å². The Kier molecular flexibility index (Phi) is 5.86. The van der Waals surface area contributed by atoms with Crippen LogP contribution in [0.15, 0.2) is 41.3 Å². The lowest BCUT2D eigenvalue weighted by atomic mass is 9.91. The maximum absolute atomic E-state index is 14.8. The van der Waals surface area contributed by atoms with E-state index in [0.717, 1.165) is 16.8 Å². The molecule has 1 unspecified atom stereocenters. The average molecular weight is 484 g/mol. The molecule has 0 saturated carbocycles. The van der Waals surface area contributed by atoms with Crippen LogP contribution in [-0.4, -0.2) is 40.2 Å². The Morgan fingerprint density at radius 2 is 1.97 bits per heavy atom. The number of pyridine rings is 1. The Balaban J connectivity index is 1.59. The van der Waals surface area contributed by atoms with Crippen LogP contribution < -0.4 is 10.5 Å². The molecule has 1 aliphatic rings. The molecule has 0 spiro atoms. The molecule has 1 saturated heterocycles. The fourth-order valence-electron chi connectivity index (χ4n) is 4.14. The number of rotatable bonds is 4. The molecule has 0 bridgehead atoms. The first-order chi connectivity index (χ1) is 16.3. The molecule has 7 nitrogen and oxygen atoms in total. The predicted molar refractivity (Wildman–Crippen MR) is 127 cm³/mol. The Morgan fingerprint density at radius 1 is 1.15 bits per heavy atom. The van der Waals surface area contributed by atoms with Crippen LogP contribution in [0.2, 0.25) is 0 Å². The van der Waals surface area contributed by atoms with Gasteiger partial charge < -0.3 is 14.2 Å².